The van der Waals surface area contributed by atoms with Gasteiger partial charge in [0.1, 0.15) is 0 Å². The molecule has 0 amide bonds. The lowest BCUT2D eigenvalue weighted by Crippen LogP contribution is -2.22. The number of halogens is 1. The van der Waals surface area contributed by atoms with E-state index in [2.05, 4.69) is 0 Å². The van der Waals surface area contributed by atoms with Crippen LogP contribution >= 0.6 is 35.2 Å². The van der Waals surface area contributed by atoms with Crippen LogP contribution in [0.2, 0.25) is 5.02 Å². The lowest BCUT2D eigenvalue weighted by Gasteiger charge is -2.07. The molecule has 88 valence electrons. The predicted molar refractivity (Wildman–Crippen MR) is 68.6 cm³/mol. The van der Waals surface area contributed by atoms with Crippen LogP contribution < -0.4 is 5.11 Å². The summed E-state index contributed by atoms with van der Waals surface area (Å²) in [5, 5.41) is 11.5. The van der Waals surface area contributed by atoms with Gasteiger partial charge in [0.25, 0.3) is 0 Å². The molecule has 0 bridgehead atoms. The van der Waals surface area contributed by atoms with Crippen LogP contribution in [0.1, 0.15) is 15.4 Å². The van der Waals surface area contributed by atoms with Gasteiger partial charge in [-0.2, -0.15) is 0 Å². The molecule has 0 aliphatic carbocycles. The van der Waals surface area contributed by atoms with Gasteiger partial charge in [0.05, 0.1) is 10.8 Å². The highest BCUT2D eigenvalue weighted by Gasteiger charge is 2.10. The Bertz CT molecular complexity index is 628. The molecular weight excluding hydrogens is 278 g/mol. The van der Waals surface area contributed by atoms with E-state index in [0.29, 0.717) is 14.7 Å². The van der Waals surface area contributed by atoms with Gasteiger partial charge in [-0.05, 0) is 43.4 Å². The highest BCUT2D eigenvalue weighted by Crippen LogP contribution is 2.23. The van der Waals surface area contributed by atoms with Gasteiger partial charge in [-0.25, -0.2) is 0 Å². The first kappa shape index (κ1) is 12.3. The molecule has 0 spiro atoms. The molecule has 2 rings (SSSR count). The molecule has 1 aromatic carbocycles. The number of aromatic carboxylic acids is 1. The Morgan fingerprint density at radius 1 is 1.41 bits per heavy atom. The summed E-state index contributed by atoms with van der Waals surface area (Å²) in [7, 11) is 0. The topological polar surface area (TPSA) is 45.1 Å². The minimum atomic E-state index is -1.20. The van der Waals surface area contributed by atoms with Crippen molar-refractivity contribution in [3.05, 3.63) is 43.8 Å². The Balaban J connectivity index is 2.64. The van der Waals surface area contributed by atoms with Crippen LogP contribution in [0.3, 0.4) is 0 Å². The number of carboxylic acid groups (broad SMARTS) is 1. The summed E-state index contributed by atoms with van der Waals surface area (Å²) in [5.41, 5.74) is 1.36. The van der Waals surface area contributed by atoms with Crippen molar-refractivity contribution in [3.8, 4) is 5.69 Å². The smallest absolute Gasteiger partial charge is 0.166 e. The molecule has 2 aromatic rings. The molecule has 0 N–H and O–H groups in total. The van der Waals surface area contributed by atoms with Crippen molar-refractivity contribution in [1.82, 2.24) is 4.57 Å². The maximum Gasteiger partial charge on any atom is 0.166 e. The lowest BCUT2D eigenvalue weighted by atomic mass is 10.3. The van der Waals surface area contributed by atoms with E-state index in [0.717, 1.165) is 17.0 Å². The minimum Gasteiger partial charge on any atom is -0.544 e. The third kappa shape index (κ3) is 2.26. The fourth-order valence-electron chi connectivity index (χ4n) is 1.52. The molecule has 0 fully saturated rings. The first-order chi connectivity index (χ1) is 8.00. The van der Waals surface area contributed by atoms with Crippen molar-refractivity contribution in [2.75, 3.05) is 0 Å². The third-order valence-electron chi connectivity index (χ3n) is 2.31. The molecule has 0 aliphatic heterocycles. The number of nitrogens with zero attached hydrogens (tertiary/aromatic N) is 1. The van der Waals surface area contributed by atoms with E-state index < -0.39 is 5.97 Å². The molecule has 0 saturated heterocycles. The zero-order valence-electron chi connectivity index (χ0n) is 8.77. The molecule has 1 heterocycles. The number of hydrogen-bond acceptors (Lipinski definition) is 4. The van der Waals surface area contributed by atoms with E-state index in [4.69, 9.17) is 23.8 Å². The Morgan fingerprint density at radius 2 is 2.00 bits per heavy atom. The van der Waals surface area contributed by atoms with Gasteiger partial charge in [0, 0.05) is 16.4 Å². The van der Waals surface area contributed by atoms with Gasteiger partial charge in [-0.15, -0.1) is 11.3 Å². The molecular formula is C11H7ClNO2S2-. The number of benzene rings is 1. The number of thiazole rings is 1. The molecule has 0 atom stereocenters. The highest BCUT2D eigenvalue weighted by molar-refractivity contribution is 7.73. The van der Waals surface area contributed by atoms with Gasteiger partial charge < -0.3 is 9.90 Å². The fraction of sp³-hybridized carbons (Fsp3) is 0.0909. The summed E-state index contributed by atoms with van der Waals surface area (Å²) in [6, 6.07) is 7.04. The summed E-state index contributed by atoms with van der Waals surface area (Å²) < 4.78 is 2.17. The van der Waals surface area contributed by atoms with Crippen molar-refractivity contribution in [3.63, 3.8) is 0 Å². The van der Waals surface area contributed by atoms with Gasteiger partial charge >= 0.3 is 0 Å². The van der Waals surface area contributed by atoms with Crippen LogP contribution in [0.4, 0.5) is 0 Å². The van der Waals surface area contributed by atoms with Gasteiger partial charge in [-0.1, -0.05) is 11.6 Å². The summed E-state index contributed by atoms with van der Waals surface area (Å²) in [5.74, 6) is -1.20. The first-order valence-corrected chi connectivity index (χ1v) is 6.30. The second kappa shape index (κ2) is 4.60. The van der Waals surface area contributed by atoms with Crippen LogP contribution in [-0.2, 0) is 0 Å². The predicted octanol–water partition coefficient (Wildman–Crippen LogP) is 2.59. The van der Waals surface area contributed by atoms with Crippen LogP contribution in [0.5, 0.6) is 0 Å². The Kier molecular flexibility index (Phi) is 3.33. The fourth-order valence-corrected chi connectivity index (χ4v) is 2.97. The summed E-state index contributed by atoms with van der Waals surface area (Å²) in [6.07, 6.45) is 0. The van der Waals surface area contributed by atoms with Crippen molar-refractivity contribution in [2.45, 2.75) is 6.92 Å². The number of rotatable bonds is 2. The van der Waals surface area contributed by atoms with Crippen molar-refractivity contribution >= 4 is 41.1 Å². The van der Waals surface area contributed by atoms with Crippen molar-refractivity contribution in [2.24, 2.45) is 0 Å². The molecule has 3 nitrogen and oxygen atoms in total. The van der Waals surface area contributed by atoms with Crippen molar-refractivity contribution < 1.29 is 9.90 Å². The summed E-state index contributed by atoms with van der Waals surface area (Å²) in [6.45, 7) is 1.70. The largest absolute Gasteiger partial charge is 0.544 e. The van der Waals surface area contributed by atoms with Gasteiger partial charge in [0.2, 0.25) is 0 Å². The molecule has 0 aliphatic rings. The monoisotopic (exact) mass is 284 g/mol. The van der Waals surface area contributed by atoms with E-state index in [-0.39, 0.29) is 4.88 Å². The summed E-state index contributed by atoms with van der Waals surface area (Å²) >= 11 is 12.0. The number of hydrogen-bond donors (Lipinski definition) is 0. The number of carboxylic acids is 1. The molecule has 17 heavy (non-hydrogen) atoms. The molecule has 1 aromatic heterocycles. The van der Waals surface area contributed by atoms with Crippen LogP contribution in [0, 0.1) is 10.9 Å². The molecule has 0 unspecified atom stereocenters. The highest BCUT2D eigenvalue weighted by atomic mass is 35.5. The van der Waals surface area contributed by atoms with E-state index >= 15 is 0 Å². The second-order valence-electron chi connectivity index (χ2n) is 3.38. The quantitative estimate of drug-likeness (QED) is 0.796. The lowest BCUT2D eigenvalue weighted by molar-refractivity contribution is -0.254. The van der Waals surface area contributed by atoms with Gasteiger partial charge in [-0.3, -0.25) is 4.57 Å². The van der Waals surface area contributed by atoms with Crippen LogP contribution in [0.15, 0.2) is 24.3 Å². The number of carbonyl (C=O) groups is 1. The maximum atomic E-state index is 10.9. The number of carbonyl (C=O) groups excluding carboxylic acids is 1. The average molecular weight is 285 g/mol. The normalized spacial score (nSPS) is 10.5. The Morgan fingerprint density at radius 3 is 2.47 bits per heavy atom. The standard InChI is InChI=1S/C11H8ClNO2S2/c1-6-9(10(14)15)17-11(16)13(6)8-4-2-7(12)3-5-8/h2-5H,1H3,(H,14,15)/p-1. The first-order valence-electron chi connectivity index (χ1n) is 4.70. The van der Waals surface area contributed by atoms with E-state index in [1.807, 2.05) is 0 Å². The third-order valence-corrected chi connectivity index (χ3v) is 4.01. The molecule has 6 heteroatoms. The minimum absolute atomic E-state index is 0.157. The molecule has 0 saturated carbocycles. The average Bonchev–Trinajstić information content (AvgIpc) is 2.56. The SMILES string of the molecule is Cc1c(C(=O)[O-])sc(=S)n1-c1ccc(Cl)cc1. The van der Waals surface area contributed by atoms with E-state index in [1.54, 1.807) is 35.8 Å². The maximum absolute atomic E-state index is 10.9. The molecule has 0 radical (unpaired) electrons. The van der Waals surface area contributed by atoms with Crippen LogP contribution in [-0.4, -0.2) is 10.5 Å². The summed E-state index contributed by atoms with van der Waals surface area (Å²) in [4.78, 5) is 11.0. The second-order valence-corrected chi connectivity index (χ2v) is 5.46. The van der Waals surface area contributed by atoms with Gasteiger partial charge in [0.15, 0.2) is 3.95 Å². The van der Waals surface area contributed by atoms with E-state index in [1.165, 1.54) is 0 Å². The van der Waals surface area contributed by atoms with E-state index in [9.17, 15) is 9.90 Å². The Hall–Kier alpha value is -1.17. The zero-order valence-corrected chi connectivity index (χ0v) is 11.2. The zero-order chi connectivity index (χ0) is 12.6. The number of aromatic nitrogens is 1. The van der Waals surface area contributed by atoms with Crippen molar-refractivity contribution in [1.29, 1.82) is 0 Å². The van der Waals surface area contributed by atoms with Crippen LogP contribution in [0.25, 0.3) is 5.69 Å². The Labute approximate surface area is 112 Å².